The van der Waals surface area contributed by atoms with E-state index < -0.39 is 0 Å². The van der Waals surface area contributed by atoms with Crippen molar-refractivity contribution in [1.29, 1.82) is 0 Å². The third-order valence-corrected chi connectivity index (χ3v) is 6.48. The summed E-state index contributed by atoms with van der Waals surface area (Å²) in [5.74, 6) is 2.99. The molecule has 0 spiro atoms. The van der Waals surface area contributed by atoms with Crippen LogP contribution in [0.25, 0.3) is 0 Å². The lowest BCUT2D eigenvalue weighted by atomic mass is 10.0. The van der Waals surface area contributed by atoms with E-state index in [-0.39, 0.29) is 0 Å². The Kier molecular flexibility index (Phi) is 3.51. The van der Waals surface area contributed by atoms with Crippen LogP contribution in [0.2, 0.25) is 0 Å². The number of nitrogens with zero attached hydrogens (tertiary/aromatic N) is 1. The van der Waals surface area contributed by atoms with Gasteiger partial charge < -0.3 is 10.6 Å². The van der Waals surface area contributed by atoms with E-state index in [1.54, 1.807) is 0 Å². The lowest BCUT2D eigenvalue weighted by Crippen LogP contribution is -2.33. The van der Waals surface area contributed by atoms with Gasteiger partial charge in [0.1, 0.15) is 0 Å². The van der Waals surface area contributed by atoms with E-state index in [1.165, 1.54) is 32.5 Å². The molecule has 2 N–H and O–H groups in total. The Morgan fingerprint density at radius 3 is 2.95 bits per heavy atom. The molecule has 0 saturated heterocycles. The van der Waals surface area contributed by atoms with Crippen LogP contribution < -0.4 is 10.6 Å². The van der Waals surface area contributed by atoms with Crippen LogP contribution in [0.3, 0.4) is 0 Å². The molecule has 0 radical (unpaired) electrons. The van der Waals surface area contributed by atoms with Gasteiger partial charge in [0.15, 0.2) is 0 Å². The summed E-state index contributed by atoms with van der Waals surface area (Å²) in [4.78, 5) is 5.35. The lowest BCUT2D eigenvalue weighted by Gasteiger charge is -2.33. The summed E-state index contributed by atoms with van der Waals surface area (Å²) in [5.41, 5.74) is 9.69. The predicted molar refractivity (Wildman–Crippen MR) is 93.7 cm³/mol. The van der Waals surface area contributed by atoms with Crippen LogP contribution in [0.15, 0.2) is 52.3 Å². The third kappa shape index (κ3) is 2.51. The monoisotopic (exact) mass is 314 g/mol. The molecule has 108 valence electrons. The topological polar surface area (TPSA) is 29.3 Å². The second-order valence-corrected chi connectivity index (χ2v) is 7.77. The molecule has 21 heavy (non-hydrogen) atoms. The summed E-state index contributed by atoms with van der Waals surface area (Å²) >= 11 is 3.93. The Bertz CT molecular complexity index is 672. The smallest absolute Gasteiger partial charge is 0.0525 e. The number of hydrogen-bond donors (Lipinski definition) is 1. The largest absolute Gasteiger partial charge is 0.399 e. The van der Waals surface area contributed by atoms with Gasteiger partial charge in [0, 0.05) is 46.0 Å². The normalized spacial score (nSPS) is 20.2. The van der Waals surface area contributed by atoms with Crippen LogP contribution >= 0.6 is 23.5 Å². The summed E-state index contributed by atoms with van der Waals surface area (Å²) in [7, 11) is 0. The minimum Gasteiger partial charge on any atom is -0.399 e. The number of nitrogens with two attached hydrogens (primary N) is 1. The molecule has 0 saturated carbocycles. The second-order valence-electron chi connectivity index (χ2n) is 5.57. The number of benzene rings is 2. The molecule has 2 nitrogen and oxygen atoms in total. The van der Waals surface area contributed by atoms with Gasteiger partial charge in [-0.25, -0.2) is 0 Å². The summed E-state index contributed by atoms with van der Waals surface area (Å²) < 4.78 is 0. The minimum absolute atomic E-state index is 0.628. The van der Waals surface area contributed by atoms with Crippen molar-refractivity contribution in [2.45, 2.75) is 15.7 Å². The molecule has 2 aromatic carbocycles. The molecule has 0 fully saturated rings. The van der Waals surface area contributed by atoms with Gasteiger partial charge >= 0.3 is 0 Å². The number of hydrogen-bond acceptors (Lipinski definition) is 4. The predicted octanol–water partition coefficient (Wildman–Crippen LogP) is 4.07. The number of nitrogen functional groups attached to an aromatic ring is 1. The average molecular weight is 314 g/mol. The van der Waals surface area contributed by atoms with Crippen LogP contribution in [0.5, 0.6) is 0 Å². The highest BCUT2D eigenvalue weighted by Crippen LogP contribution is 2.42. The molecule has 0 aliphatic carbocycles. The maximum atomic E-state index is 5.99. The highest BCUT2D eigenvalue weighted by molar-refractivity contribution is 7.99. The zero-order chi connectivity index (χ0) is 14.2. The first kappa shape index (κ1) is 13.4. The molecule has 2 aliphatic heterocycles. The highest BCUT2D eigenvalue weighted by atomic mass is 32.2. The second kappa shape index (κ2) is 5.50. The van der Waals surface area contributed by atoms with Gasteiger partial charge in [-0.2, -0.15) is 0 Å². The van der Waals surface area contributed by atoms with E-state index in [9.17, 15) is 0 Å². The Hall–Kier alpha value is -1.26. The molecule has 0 bridgehead atoms. The Labute approximate surface area is 134 Å². The van der Waals surface area contributed by atoms with E-state index in [0.717, 1.165) is 18.8 Å². The number of thioether (sulfide) groups is 2. The Morgan fingerprint density at radius 1 is 1.10 bits per heavy atom. The molecule has 4 heteroatoms. The van der Waals surface area contributed by atoms with Crippen LogP contribution in [0.1, 0.15) is 11.5 Å². The SMILES string of the molecule is Nc1ccc2c(c1)N(CC1CSc3ccccc31)CCS2. The first-order valence-corrected chi connectivity index (χ1v) is 9.27. The van der Waals surface area contributed by atoms with Crippen molar-refractivity contribution in [2.75, 3.05) is 35.2 Å². The van der Waals surface area contributed by atoms with Crippen molar-refractivity contribution in [2.24, 2.45) is 0 Å². The molecule has 1 atom stereocenters. The minimum atomic E-state index is 0.628. The van der Waals surface area contributed by atoms with Crippen LogP contribution in [-0.2, 0) is 0 Å². The summed E-state index contributed by atoms with van der Waals surface area (Å²) in [6.07, 6.45) is 0. The zero-order valence-corrected chi connectivity index (χ0v) is 13.4. The van der Waals surface area contributed by atoms with E-state index >= 15 is 0 Å². The Balaban J connectivity index is 1.61. The van der Waals surface area contributed by atoms with Gasteiger partial charge in [-0.1, -0.05) is 18.2 Å². The molecule has 0 aromatic heterocycles. The fourth-order valence-corrected chi connectivity index (χ4v) is 5.40. The van der Waals surface area contributed by atoms with Gasteiger partial charge in [0.05, 0.1) is 5.69 Å². The van der Waals surface area contributed by atoms with Crippen molar-refractivity contribution in [3.8, 4) is 0 Å². The molecule has 2 aliphatic rings. The van der Waals surface area contributed by atoms with E-state index in [1.807, 2.05) is 29.6 Å². The summed E-state index contributed by atoms with van der Waals surface area (Å²) in [6.45, 7) is 2.21. The van der Waals surface area contributed by atoms with Gasteiger partial charge in [-0.05, 0) is 29.8 Å². The quantitative estimate of drug-likeness (QED) is 0.846. The van der Waals surface area contributed by atoms with E-state index in [2.05, 4.69) is 41.3 Å². The Morgan fingerprint density at radius 2 is 2.00 bits per heavy atom. The van der Waals surface area contributed by atoms with E-state index in [0.29, 0.717) is 5.92 Å². The first-order chi connectivity index (χ1) is 10.3. The van der Waals surface area contributed by atoms with E-state index in [4.69, 9.17) is 5.73 Å². The van der Waals surface area contributed by atoms with Gasteiger partial charge in [0.25, 0.3) is 0 Å². The maximum Gasteiger partial charge on any atom is 0.0525 e. The first-order valence-electron chi connectivity index (χ1n) is 7.30. The standard InChI is InChI=1S/C17H18N2S2/c18-13-5-6-17-15(9-13)19(7-8-20-17)10-12-11-21-16-4-2-1-3-14(12)16/h1-6,9,12H,7-8,10-11,18H2. The molecule has 4 rings (SSSR count). The lowest BCUT2D eigenvalue weighted by molar-refractivity contribution is 0.705. The van der Waals surface area contributed by atoms with Gasteiger partial charge in [-0.15, -0.1) is 23.5 Å². The van der Waals surface area contributed by atoms with Crippen molar-refractivity contribution in [1.82, 2.24) is 0 Å². The fraction of sp³-hybridized carbons (Fsp3) is 0.294. The molecule has 0 amide bonds. The van der Waals surface area contributed by atoms with Crippen molar-refractivity contribution in [3.05, 3.63) is 48.0 Å². The number of anilines is 2. The summed E-state index contributed by atoms with van der Waals surface area (Å²) in [6, 6.07) is 15.2. The number of rotatable bonds is 2. The van der Waals surface area contributed by atoms with Crippen molar-refractivity contribution >= 4 is 34.9 Å². The van der Waals surface area contributed by atoms with Crippen LogP contribution in [0, 0.1) is 0 Å². The van der Waals surface area contributed by atoms with Gasteiger partial charge in [0.2, 0.25) is 0 Å². The average Bonchev–Trinajstić information content (AvgIpc) is 2.91. The molecule has 2 heterocycles. The maximum absolute atomic E-state index is 5.99. The number of fused-ring (bicyclic) bond motifs is 2. The summed E-state index contributed by atoms with van der Waals surface area (Å²) in [5, 5.41) is 0. The van der Waals surface area contributed by atoms with Crippen LogP contribution in [0.4, 0.5) is 11.4 Å². The van der Waals surface area contributed by atoms with Crippen molar-refractivity contribution < 1.29 is 0 Å². The molecular formula is C17H18N2S2. The molecule has 2 aromatic rings. The zero-order valence-electron chi connectivity index (χ0n) is 11.8. The third-order valence-electron chi connectivity index (χ3n) is 4.18. The van der Waals surface area contributed by atoms with Gasteiger partial charge in [-0.3, -0.25) is 0 Å². The highest BCUT2D eigenvalue weighted by Gasteiger charge is 2.27. The molecule has 1 unspecified atom stereocenters. The van der Waals surface area contributed by atoms with Crippen LogP contribution in [-0.4, -0.2) is 24.6 Å². The fourth-order valence-electron chi connectivity index (χ4n) is 3.13. The molecular weight excluding hydrogens is 296 g/mol. The van der Waals surface area contributed by atoms with Crippen molar-refractivity contribution in [3.63, 3.8) is 0 Å².